The fraction of sp³-hybridized carbons (Fsp3) is 0.0833. The van der Waals surface area contributed by atoms with E-state index in [1.54, 1.807) is 0 Å². The third-order valence-electron chi connectivity index (χ3n) is 4.76. The van der Waals surface area contributed by atoms with E-state index in [1.807, 2.05) is 61.1 Å². The second-order valence-electron chi connectivity index (χ2n) is 6.68. The van der Waals surface area contributed by atoms with E-state index in [-0.39, 0.29) is 0 Å². The van der Waals surface area contributed by atoms with Crippen molar-refractivity contribution in [1.82, 2.24) is 9.55 Å². The molecule has 1 aromatic heterocycles. The van der Waals surface area contributed by atoms with Gasteiger partial charge in [0.1, 0.15) is 0 Å². The number of nitrogens with zero attached hydrogens (tertiary/aromatic N) is 3. The highest BCUT2D eigenvalue weighted by atomic mass is 35.5. The van der Waals surface area contributed by atoms with Gasteiger partial charge in [-0.1, -0.05) is 66.2 Å². The molecule has 0 saturated heterocycles. The molecule has 28 heavy (non-hydrogen) atoms. The minimum absolute atomic E-state index is 0.677. The predicted octanol–water partition coefficient (Wildman–Crippen LogP) is 5.71. The topological polar surface area (TPSA) is 41.6 Å². The summed E-state index contributed by atoms with van der Waals surface area (Å²) in [6.07, 6.45) is 4.54. The van der Waals surface area contributed by atoms with Gasteiger partial charge < -0.3 is 4.57 Å². The Morgan fingerprint density at radius 1 is 0.893 bits per heavy atom. The molecule has 0 aliphatic rings. The van der Waals surface area contributed by atoms with E-state index in [0.717, 1.165) is 40.4 Å². The molecule has 0 saturated carbocycles. The summed E-state index contributed by atoms with van der Waals surface area (Å²) in [6.45, 7) is 0.758. The van der Waals surface area contributed by atoms with Gasteiger partial charge in [-0.2, -0.15) is 5.26 Å². The maximum Gasteiger partial charge on any atom is 0.0991 e. The van der Waals surface area contributed by atoms with Crippen molar-refractivity contribution < 1.29 is 0 Å². The molecular weight excluding hydrogens is 366 g/mol. The lowest BCUT2D eigenvalue weighted by molar-refractivity contribution is 0.753. The van der Waals surface area contributed by atoms with Crippen LogP contribution in [0.2, 0.25) is 5.02 Å². The third kappa shape index (κ3) is 3.98. The van der Waals surface area contributed by atoms with Crippen LogP contribution in [0.3, 0.4) is 0 Å². The summed E-state index contributed by atoms with van der Waals surface area (Å²) in [7, 11) is 0. The van der Waals surface area contributed by atoms with Gasteiger partial charge in [0, 0.05) is 35.4 Å². The monoisotopic (exact) mass is 383 g/mol. The summed E-state index contributed by atoms with van der Waals surface area (Å²) in [5.41, 5.74) is 6.33. The predicted molar refractivity (Wildman–Crippen MR) is 112 cm³/mol. The number of nitriles is 1. The maximum absolute atomic E-state index is 8.93. The first-order valence-corrected chi connectivity index (χ1v) is 9.42. The molecule has 1 heterocycles. The molecule has 3 aromatic carbocycles. The first kappa shape index (κ1) is 18.0. The van der Waals surface area contributed by atoms with E-state index in [9.17, 15) is 0 Å². The van der Waals surface area contributed by atoms with Gasteiger partial charge >= 0.3 is 0 Å². The highest BCUT2D eigenvalue weighted by Gasteiger charge is 2.06. The van der Waals surface area contributed by atoms with Gasteiger partial charge in [0.25, 0.3) is 0 Å². The van der Waals surface area contributed by atoms with Crippen molar-refractivity contribution in [3.8, 4) is 17.2 Å². The Morgan fingerprint density at radius 3 is 2.32 bits per heavy atom. The van der Waals surface area contributed by atoms with Gasteiger partial charge in [-0.05, 0) is 34.9 Å². The summed E-state index contributed by atoms with van der Waals surface area (Å²) in [5.74, 6) is 0. The van der Waals surface area contributed by atoms with Crippen LogP contribution in [-0.4, -0.2) is 9.55 Å². The molecule has 136 valence electrons. The van der Waals surface area contributed by atoms with Crippen molar-refractivity contribution in [3.05, 3.63) is 113 Å². The molecule has 4 heteroatoms. The summed E-state index contributed by atoms with van der Waals surface area (Å²) in [4.78, 5) is 4.32. The smallest absolute Gasteiger partial charge is 0.0991 e. The van der Waals surface area contributed by atoms with Crippen molar-refractivity contribution in [2.75, 3.05) is 0 Å². The summed E-state index contributed by atoms with van der Waals surface area (Å²) in [6, 6.07) is 26.2. The highest BCUT2D eigenvalue weighted by molar-refractivity contribution is 6.33. The number of halogens is 1. The maximum atomic E-state index is 8.93. The van der Waals surface area contributed by atoms with E-state index in [1.165, 1.54) is 5.56 Å². The van der Waals surface area contributed by atoms with E-state index in [4.69, 9.17) is 16.9 Å². The van der Waals surface area contributed by atoms with Crippen molar-refractivity contribution in [2.24, 2.45) is 0 Å². The quantitative estimate of drug-likeness (QED) is 0.442. The molecule has 0 aliphatic carbocycles. The molecule has 4 rings (SSSR count). The standard InChI is InChI=1S/C24H18ClN3/c25-24-4-2-1-3-23(24)21-11-9-20(10-12-21)16-28-17-27-15-22(28)13-18-5-7-19(14-26)8-6-18/h1-12,15,17H,13,16H2. The second-order valence-corrected chi connectivity index (χ2v) is 7.08. The van der Waals surface area contributed by atoms with Crippen molar-refractivity contribution in [1.29, 1.82) is 5.26 Å². The van der Waals surface area contributed by atoms with Gasteiger partial charge in [-0.25, -0.2) is 4.98 Å². The zero-order valence-corrected chi connectivity index (χ0v) is 16.0. The number of imidazole rings is 1. The molecule has 0 fully saturated rings. The van der Waals surface area contributed by atoms with Crippen LogP contribution < -0.4 is 0 Å². The van der Waals surface area contributed by atoms with Gasteiger partial charge in [-0.3, -0.25) is 0 Å². The third-order valence-corrected chi connectivity index (χ3v) is 5.09. The number of benzene rings is 3. The highest BCUT2D eigenvalue weighted by Crippen LogP contribution is 2.27. The SMILES string of the molecule is N#Cc1ccc(Cc2cncn2Cc2ccc(-c3ccccc3Cl)cc2)cc1. The minimum atomic E-state index is 0.677. The molecule has 0 unspecified atom stereocenters. The van der Waals surface area contributed by atoms with Crippen LogP contribution in [0.15, 0.2) is 85.3 Å². The largest absolute Gasteiger partial charge is 0.330 e. The Hall–Kier alpha value is -3.35. The minimum Gasteiger partial charge on any atom is -0.330 e. The summed E-state index contributed by atoms with van der Waals surface area (Å²) >= 11 is 6.30. The Labute approximate surface area is 169 Å². The lowest BCUT2D eigenvalue weighted by Crippen LogP contribution is -2.04. The van der Waals surface area contributed by atoms with Crippen molar-refractivity contribution in [2.45, 2.75) is 13.0 Å². The Bertz CT molecular complexity index is 1120. The van der Waals surface area contributed by atoms with Crippen LogP contribution in [0.25, 0.3) is 11.1 Å². The van der Waals surface area contributed by atoms with E-state index < -0.39 is 0 Å². The lowest BCUT2D eigenvalue weighted by Gasteiger charge is -2.10. The van der Waals surface area contributed by atoms with Crippen LogP contribution in [0.5, 0.6) is 0 Å². The van der Waals surface area contributed by atoms with E-state index in [0.29, 0.717) is 5.56 Å². The van der Waals surface area contributed by atoms with Crippen LogP contribution in [-0.2, 0) is 13.0 Å². The normalized spacial score (nSPS) is 10.6. The molecule has 3 nitrogen and oxygen atoms in total. The summed E-state index contributed by atoms with van der Waals surface area (Å²) in [5, 5.41) is 9.69. The van der Waals surface area contributed by atoms with Crippen molar-refractivity contribution in [3.63, 3.8) is 0 Å². The molecule has 4 aromatic rings. The van der Waals surface area contributed by atoms with Crippen LogP contribution in [0.1, 0.15) is 22.4 Å². The molecule has 0 spiro atoms. The molecular formula is C24H18ClN3. The van der Waals surface area contributed by atoms with Crippen LogP contribution in [0.4, 0.5) is 0 Å². The van der Waals surface area contributed by atoms with Gasteiger partial charge in [-0.15, -0.1) is 0 Å². The van der Waals surface area contributed by atoms with E-state index >= 15 is 0 Å². The number of rotatable bonds is 5. The average Bonchev–Trinajstić information content (AvgIpc) is 3.16. The van der Waals surface area contributed by atoms with Crippen LogP contribution in [0, 0.1) is 11.3 Å². The fourth-order valence-electron chi connectivity index (χ4n) is 3.23. The Kier molecular flexibility index (Phi) is 5.23. The molecule has 0 atom stereocenters. The number of hydrogen-bond donors (Lipinski definition) is 0. The first-order chi connectivity index (χ1) is 13.7. The van der Waals surface area contributed by atoms with Gasteiger partial charge in [0.15, 0.2) is 0 Å². The van der Waals surface area contributed by atoms with Crippen LogP contribution >= 0.6 is 11.6 Å². The first-order valence-electron chi connectivity index (χ1n) is 9.05. The number of aromatic nitrogens is 2. The zero-order chi connectivity index (χ0) is 19.3. The van der Waals surface area contributed by atoms with Gasteiger partial charge in [0.05, 0.1) is 18.0 Å². The van der Waals surface area contributed by atoms with Crippen molar-refractivity contribution >= 4 is 11.6 Å². The van der Waals surface area contributed by atoms with E-state index in [2.05, 4.69) is 39.9 Å². The average molecular weight is 384 g/mol. The fourth-order valence-corrected chi connectivity index (χ4v) is 3.47. The molecule has 0 amide bonds. The lowest BCUT2D eigenvalue weighted by atomic mass is 10.0. The summed E-state index contributed by atoms with van der Waals surface area (Å²) < 4.78 is 2.16. The molecule has 0 bridgehead atoms. The Balaban J connectivity index is 1.50. The molecule has 0 radical (unpaired) electrons. The zero-order valence-electron chi connectivity index (χ0n) is 15.2. The van der Waals surface area contributed by atoms with Gasteiger partial charge in [0.2, 0.25) is 0 Å². The molecule has 0 N–H and O–H groups in total. The Morgan fingerprint density at radius 2 is 1.61 bits per heavy atom. The number of hydrogen-bond acceptors (Lipinski definition) is 2. The molecule has 0 aliphatic heterocycles. The second kappa shape index (κ2) is 8.12.